The first-order valence-corrected chi connectivity index (χ1v) is 8.09. The van der Waals surface area contributed by atoms with Crippen LogP contribution in [0.3, 0.4) is 0 Å². The van der Waals surface area contributed by atoms with Crippen LogP contribution in [-0.4, -0.2) is 10.9 Å². The molecule has 2 aromatic carbocycles. The zero-order valence-corrected chi connectivity index (χ0v) is 14.8. The summed E-state index contributed by atoms with van der Waals surface area (Å²) < 4.78 is 1.56. The number of benzene rings is 2. The molecule has 0 spiro atoms. The maximum Gasteiger partial charge on any atom is 0.238 e. The lowest BCUT2D eigenvalue weighted by Gasteiger charge is -2.17. The van der Waals surface area contributed by atoms with Gasteiger partial charge in [-0.25, -0.2) is 0 Å². The van der Waals surface area contributed by atoms with Crippen LogP contribution in [-0.2, 0) is 4.79 Å². The van der Waals surface area contributed by atoms with Gasteiger partial charge >= 0.3 is 0 Å². The number of hydrogen-bond donors (Lipinski definition) is 2. The molecule has 2 aromatic rings. The van der Waals surface area contributed by atoms with E-state index in [0.29, 0.717) is 5.69 Å². The largest absolute Gasteiger partial charge is 0.392 e. The lowest BCUT2D eigenvalue weighted by atomic mass is 9.98. The van der Waals surface area contributed by atoms with Gasteiger partial charge in [0, 0.05) is 8.95 Å². The van der Waals surface area contributed by atoms with E-state index in [1.54, 1.807) is 0 Å². The van der Waals surface area contributed by atoms with Crippen molar-refractivity contribution in [2.75, 3.05) is 5.32 Å². The third-order valence-corrected chi connectivity index (χ3v) is 4.45. The number of para-hydroxylation sites is 1. The van der Waals surface area contributed by atoms with Crippen molar-refractivity contribution >= 4 is 60.7 Å². The summed E-state index contributed by atoms with van der Waals surface area (Å²) in [5.41, 5.74) is 7.17. The Kier molecular flexibility index (Phi) is 5.50. The van der Waals surface area contributed by atoms with Crippen LogP contribution < -0.4 is 11.1 Å². The zero-order chi connectivity index (χ0) is 15.4. The molecule has 6 heteroatoms. The Morgan fingerprint density at radius 1 is 1.05 bits per heavy atom. The van der Waals surface area contributed by atoms with Crippen LogP contribution in [0.15, 0.2) is 57.5 Å². The van der Waals surface area contributed by atoms with E-state index >= 15 is 0 Å². The van der Waals surface area contributed by atoms with Gasteiger partial charge in [-0.3, -0.25) is 4.79 Å². The maximum atomic E-state index is 12.5. The summed E-state index contributed by atoms with van der Waals surface area (Å²) >= 11 is 11.9. The van der Waals surface area contributed by atoms with Gasteiger partial charge in [0.05, 0.1) is 10.7 Å². The van der Waals surface area contributed by atoms with Crippen LogP contribution >= 0.6 is 44.1 Å². The first-order valence-electron chi connectivity index (χ1n) is 6.10. The molecular formula is C15H12Br2N2OS. The minimum absolute atomic E-state index is 0.141. The number of carbonyl (C=O) groups excluding carboxylic acids is 1. The van der Waals surface area contributed by atoms with E-state index in [9.17, 15) is 4.79 Å². The number of anilines is 1. The number of thiocarbonyl (C=S) groups is 1. The Bertz CT molecular complexity index is 656. The molecule has 3 N–H and O–H groups in total. The van der Waals surface area contributed by atoms with Gasteiger partial charge in [0.1, 0.15) is 5.92 Å². The monoisotopic (exact) mass is 426 g/mol. The number of hydrogen-bond acceptors (Lipinski definition) is 2. The molecule has 0 radical (unpaired) electrons. The molecule has 0 aliphatic rings. The predicted octanol–water partition coefficient (Wildman–Crippen LogP) is 4.22. The van der Waals surface area contributed by atoms with E-state index in [1.165, 1.54) is 0 Å². The van der Waals surface area contributed by atoms with Gasteiger partial charge in [-0.2, -0.15) is 0 Å². The fourth-order valence-electron chi connectivity index (χ4n) is 1.90. The second kappa shape index (κ2) is 7.15. The number of rotatable bonds is 4. The van der Waals surface area contributed by atoms with Crippen molar-refractivity contribution in [2.24, 2.45) is 5.73 Å². The molecule has 2 rings (SSSR count). The van der Waals surface area contributed by atoms with Crippen molar-refractivity contribution in [3.63, 3.8) is 0 Å². The first-order chi connectivity index (χ1) is 10.0. The molecule has 0 aliphatic carbocycles. The van der Waals surface area contributed by atoms with Crippen LogP contribution in [0.4, 0.5) is 5.69 Å². The van der Waals surface area contributed by atoms with Gasteiger partial charge in [0.25, 0.3) is 0 Å². The van der Waals surface area contributed by atoms with Crippen LogP contribution in [0.5, 0.6) is 0 Å². The molecule has 108 valence electrons. The molecule has 0 bridgehead atoms. The molecule has 1 atom stereocenters. The first kappa shape index (κ1) is 16.1. The fraction of sp³-hybridized carbons (Fsp3) is 0.0667. The molecule has 0 fully saturated rings. The molecule has 21 heavy (non-hydrogen) atoms. The van der Waals surface area contributed by atoms with Crippen LogP contribution in [0.1, 0.15) is 11.5 Å². The molecule has 0 heterocycles. The Hall–Kier alpha value is -1.24. The van der Waals surface area contributed by atoms with E-state index < -0.39 is 5.92 Å². The van der Waals surface area contributed by atoms with E-state index in [2.05, 4.69) is 37.2 Å². The third kappa shape index (κ3) is 3.90. The SMILES string of the molecule is NC(=S)C(C(=O)Nc1c(Br)cccc1Br)c1ccccc1. The van der Waals surface area contributed by atoms with Gasteiger partial charge < -0.3 is 11.1 Å². The number of halogens is 2. The average molecular weight is 428 g/mol. The lowest BCUT2D eigenvalue weighted by molar-refractivity contribution is -0.116. The normalized spacial score (nSPS) is 11.7. The molecule has 1 unspecified atom stereocenters. The standard InChI is InChI=1S/C15H12Br2N2OS/c16-10-7-4-8-11(17)13(10)19-15(20)12(14(18)21)9-5-2-1-3-6-9/h1-8,12H,(H2,18,21)(H,19,20). The molecule has 1 amide bonds. The highest BCUT2D eigenvalue weighted by molar-refractivity contribution is 9.11. The highest BCUT2D eigenvalue weighted by atomic mass is 79.9. The summed E-state index contributed by atoms with van der Waals surface area (Å²) in [5.74, 6) is -0.929. The highest BCUT2D eigenvalue weighted by Crippen LogP contribution is 2.31. The van der Waals surface area contributed by atoms with Crippen LogP contribution in [0, 0.1) is 0 Å². The minimum atomic E-state index is -0.666. The van der Waals surface area contributed by atoms with Crippen molar-refractivity contribution < 1.29 is 4.79 Å². The average Bonchev–Trinajstić information content (AvgIpc) is 2.44. The molecule has 0 aromatic heterocycles. The summed E-state index contributed by atoms with van der Waals surface area (Å²) in [4.78, 5) is 12.7. The van der Waals surface area contributed by atoms with Crippen LogP contribution in [0.25, 0.3) is 0 Å². The van der Waals surface area contributed by atoms with E-state index in [0.717, 1.165) is 14.5 Å². The van der Waals surface area contributed by atoms with E-state index in [4.69, 9.17) is 18.0 Å². The van der Waals surface area contributed by atoms with Gasteiger partial charge in [0.2, 0.25) is 5.91 Å². The topological polar surface area (TPSA) is 55.1 Å². The molecule has 0 saturated heterocycles. The summed E-state index contributed by atoms with van der Waals surface area (Å²) in [7, 11) is 0. The molecule has 0 aliphatic heterocycles. The Balaban J connectivity index is 2.31. The van der Waals surface area contributed by atoms with E-state index in [1.807, 2.05) is 48.5 Å². The van der Waals surface area contributed by atoms with Gasteiger partial charge in [-0.05, 0) is 49.6 Å². The fourth-order valence-corrected chi connectivity index (χ4v) is 3.34. The summed E-state index contributed by atoms with van der Waals surface area (Å²) in [6.07, 6.45) is 0. The summed E-state index contributed by atoms with van der Waals surface area (Å²) in [5, 5.41) is 2.86. The highest BCUT2D eigenvalue weighted by Gasteiger charge is 2.24. The summed E-state index contributed by atoms with van der Waals surface area (Å²) in [6, 6.07) is 14.8. The van der Waals surface area contributed by atoms with Crippen molar-refractivity contribution in [2.45, 2.75) is 5.92 Å². The van der Waals surface area contributed by atoms with Gasteiger partial charge in [0.15, 0.2) is 0 Å². The quantitative estimate of drug-likeness (QED) is 0.718. The van der Waals surface area contributed by atoms with Gasteiger partial charge in [-0.15, -0.1) is 0 Å². The number of nitrogens with one attached hydrogen (secondary N) is 1. The number of carbonyl (C=O) groups is 1. The number of amides is 1. The molecule has 3 nitrogen and oxygen atoms in total. The van der Waals surface area contributed by atoms with Gasteiger partial charge in [-0.1, -0.05) is 48.6 Å². The van der Waals surface area contributed by atoms with Crippen LogP contribution in [0.2, 0.25) is 0 Å². The second-order valence-electron chi connectivity index (χ2n) is 4.33. The smallest absolute Gasteiger partial charge is 0.238 e. The van der Waals surface area contributed by atoms with Crippen molar-refractivity contribution in [1.82, 2.24) is 0 Å². The number of nitrogens with two attached hydrogens (primary N) is 1. The molecule has 0 saturated carbocycles. The summed E-state index contributed by atoms with van der Waals surface area (Å²) in [6.45, 7) is 0. The Morgan fingerprint density at radius 2 is 1.62 bits per heavy atom. The minimum Gasteiger partial charge on any atom is -0.392 e. The molecular weight excluding hydrogens is 416 g/mol. The maximum absolute atomic E-state index is 12.5. The zero-order valence-electron chi connectivity index (χ0n) is 10.8. The second-order valence-corrected chi connectivity index (χ2v) is 6.51. The Morgan fingerprint density at radius 3 is 2.14 bits per heavy atom. The van der Waals surface area contributed by atoms with E-state index in [-0.39, 0.29) is 10.9 Å². The van der Waals surface area contributed by atoms with Crippen molar-refractivity contribution in [1.29, 1.82) is 0 Å². The predicted molar refractivity (Wildman–Crippen MR) is 96.4 cm³/mol. The lowest BCUT2D eigenvalue weighted by Crippen LogP contribution is -2.31. The Labute approximate surface area is 145 Å². The van der Waals surface area contributed by atoms with Crippen molar-refractivity contribution in [3.8, 4) is 0 Å². The third-order valence-electron chi connectivity index (χ3n) is 2.89. The van der Waals surface area contributed by atoms with Crippen molar-refractivity contribution in [3.05, 3.63) is 63.0 Å².